The fourth-order valence-electron chi connectivity index (χ4n) is 2.24. The molecule has 0 radical (unpaired) electrons. The van der Waals surface area contributed by atoms with Crippen LogP contribution in [0.4, 0.5) is 10.1 Å². The Morgan fingerprint density at radius 2 is 2.20 bits per heavy atom. The van der Waals surface area contributed by atoms with E-state index in [1.807, 2.05) is 0 Å². The number of anilines is 1. The van der Waals surface area contributed by atoms with Crippen molar-refractivity contribution >= 4 is 15.5 Å². The molecule has 8 heteroatoms. The Balaban J connectivity index is 1.91. The number of nitrogens with zero attached hydrogens (tertiary/aromatic N) is 2. The summed E-state index contributed by atoms with van der Waals surface area (Å²) in [6, 6.07) is 3.86. The van der Waals surface area contributed by atoms with Crippen molar-refractivity contribution in [1.29, 1.82) is 0 Å². The van der Waals surface area contributed by atoms with Gasteiger partial charge in [0, 0.05) is 11.6 Å². The second-order valence-corrected chi connectivity index (χ2v) is 7.02. The third-order valence-electron chi connectivity index (χ3n) is 3.28. The van der Waals surface area contributed by atoms with Crippen LogP contribution >= 0.6 is 0 Å². The highest BCUT2D eigenvalue weighted by atomic mass is 32.2. The number of nitrogen functional groups attached to an aromatic ring is 1. The largest absolute Gasteiger partial charge is 0.398 e. The average molecular weight is 297 g/mol. The van der Waals surface area contributed by atoms with E-state index in [-0.39, 0.29) is 29.0 Å². The van der Waals surface area contributed by atoms with Gasteiger partial charge in [-0.25, -0.2) is 12.8 Å². The lowest BCUT2D eigenvalue weighted by Crippen LogP contribution is -2.05. The van der Waals surface area contributed by atoms with Crippen LogP contribution in [-0.2, 0) is 9.84 Å². The lowest BCUT2D eigenvalue weighted by atomic mass is 10.1. The van der Waals surface area contributed by atoms with Crippen LogP contribution in [0.3, 0.4) is 0 Å². The van der Waals surface area contributed by atoms with Crippen LogP contribution in [0.2, 0.25) is 0 Å². The molecule has 2 N–H and O–H groups in total. The summed E-state index contributed by atoms with van der Waals surface area (Å²) in [4.78, 5) is 4.17. The standard InChI is InChI=1S/C12H12FN3O3S/c13-8-1-2-9(10(14)5-8)12-15-11(16-19-12)7-3-4-20(17,18)6-7/h1-2,5,7H,3-4,6,14H2. The quantitative estimate of drug-likeness (QED) is 0.840. The van der Waals surface area contributed by atoms with E-state index in [1.54, 1.807) is 0 Å². The van der Waals surface area contributed by atoms with Crippen molar-refractivity contribution in [3.05, 3.63) is 29.8 Å². The minimum atomic E-state index is -3.01. The van der Waals surface area contributed by atoms with E-state index in [2.05, 4.69) is 10.1 Å². The second kappa shape index (κ2) is 4.55. The first-order valence-corrected chi connectivity index (χ1v) is 7.86. The van der Waals surface area contributed by atoms with Gasteiger partial charge < -0.3 is 10.3 Å². The van der Waals surface area contributed by atoms with Crippen molar-refractivity contribution in [3.63, 3.8) is 0 Å². The van der Waals surface area contributed by atoms with Crippen LogP contribution < -0.4 is 5.73 Å². The molecule has 1 aliphatic heterocycles. The van der Waals surface area contributed by atoms with E-state index >= 15 is 0 Å². The van der Waals surface area contributed by atoms with Crippen LogP contribution in [-0.4, -0.2) is 30.1 Å². The average Bonchev–Trinajstić information content (AvgIpc) is 2.95. The summed E-state index contributed by atoms with van der Waals surface area (Å²) in [5.74, 6) is -0.0101. The summed E-state index contributed by atoms with van der Waals surface area (Å²) in [5.41, 5.74) is 6.33. The van der Waals surface area contributed by atoms with Gasteiger partial charge in [0.1, 0.15) is 5.82 Å². The van der Waals surface area contributed by atoms with Gasteiger partial charge in [0.2, 0.25) is 0 Å². The molecule has 0 spiro atoms. The zero-order valence-electron chi connectivity index (χ0n) is 10.4. The maximum Gasteiger partial charge on any atom is 0.260 e. The summed E-state index contributed by atoms with van der Waals surface area (Å²) in [6.07, 6.45) is 0.486. The fourth-order valence-corrected chi connectivity index (χ4v) is 3.98. The first kappa shape index (κ1) is 13.0. The first-order valence-electron chi connectivity index (χ1n) is 6.04. The zero-order chi connectivity index (χ0) is 14.3. The van der Waals surface area contributed by atoms with Gasteiger partial charge in [0.15, 0.2) is 15.7 Å². The Bertz CT molecular complexity index is 757. The SMILES string of the molecule is Nc1cc(F)ccc1-c1nc(C2CCS(=O)(=O)C2)no1. The summed E-state index contributed by atoms with van der Waals surface area (Å²) < 4.78 is 40.9. The van der Waals surface area contributed by atoms with E-state index in [4.69, 9.17) is 10.3 Å². The fraction of sp³-hybridized carbons (Fsp3) is 0.333. The van der Waals surface area contributed by atoms with Crippen molar-refractivity contribution in [1.82, 2.24) is 10.1 Å². The highest BCUT2D eigenvalue weighted by molar-refractivity contribution is 7.91. The Morgan fingerprint density at radius 3 is 2.85 bits per heavy atom. The smallest absolute Gasteiger partial charge is 0.260 e. The number of aromatic nitrogens is 2. The number of benzene rings is 1. The van der Waals surface area contributed by atoms with Crippen molar-refractivity contribution in [2.24, 2.45) is 0 Å². The summed E-state index contributed by atoms with van der Waals surface area (Å²) >= 11 is 0. The lowest BCUT2D eigenvalue weighted by molar-refractivity contribution is 0.418. The molecule has 2 aromatic rings. The van der Waals surface area contributed by atoms with Crippen molar-refractivity contribution in [2.75, 3.05) is 17.2 Å². The molecule has 1 aliphatic rings. The Kier molecular flexibility index (Phi) is 2.97. The van der Waals surface area contributed by atoms with Gasteiger partial charge in [-0.1, -0.05) is 5.16 Å². The van der Waals surface area contributed by atoms with E-state index in [9.17, 15) is 12.8 Å². The Labute approximate surface area is 114 Å². The summed E-state index contributed by atoms with van der Waals surface area (Å²) in [6.45, 7) is 0. The van der Waals surface area contributed by atoms with E-state index < -0.39 is 15.7 Å². The van der Waals surface area contributed by atoms with Gasteiger partial charge in [-0.05, 0) is 24.6 Å². The van der Waals surface area contributed by atoms with Gasteiger partial charge in [0.25, 0.3) is 5.89 Å². The molecule has 0 aliphatic carbocycles. The molecule has 1 saturated heterocycles. The summed E-state index contributed by atoms with van der Waals surface area (Å²) in [7, 11) is -3.01. The van der Waals surface area contributed by atoms with Gasteiger partial charge in [-0.2, -0.15) is 4.98 Å². The third-order valence-corrected chi connectivity index (χ3v) is 5.05. The number of hydrogen-bond donors (Lipinski definition) is 1. The highest BCUT2D eigenvalue weighted by Gasteiger charge is 2.32. The minimum Gasteiger partial charge on any atom is -0.398 e. The molecule has 1 fully saturated rings. The molecular formula is C12H12FN3O3S. The Morgan fingerprint density at radius 1 is 1.40 bits per heavy atom. The summed E-state index contributed by atoms with van der Waals surface area (Å²) in [5, 5.41) is 3.80. The molecule has 3 rings (SSSR count). The van der Waals surface area contributed by atoms with Gasteiger partial charge in [-0.3, -0.25) is 0 Å². The molecule has 106 valence electrons. The second-order valence-electron chi connectivity index (χ2n) is 4.79. The van der Waals surface area contributed by atoms with Gasteiger partial charge in [-0.15, -0.1) is 0 Å². The number of rotatable bonds is 2. The monoisotopic (exact) mass is 297 g/mol. The molecule has 6 nitrogen and oxygen atoms in total. The van der Waals surface area contributed by atoms with Crippen LogP contribution in [0, 0.1) is 5.82 Å². The molecule has 1 atom stereocenters. The molecule has 1 unspecified atom stereocenters. The van der Waals surface area contributed by atoms with E-state index in [0.29, 0.717) is 17.8 Å². The topological polar surface area (TPSA) is 99.1 Å². The van der Waals surface area contributed by atoms with Crippen LogP contribution in [0.15, 0.2) is 22.7 Å². The van der Waals surface area contributed by atoms with Crippen LogP contribution in [0.5, 0.6) is 0 Å². The van der Waals surface area contributed by atoms with Crippen LogP contribution in [0.25, 0.3) is 11.5 Å². The Hall–Kier alpha value is -1.96. The minimum absolute atomic E-state index is 0.0326. The lowest BCUT2D eigenvalue weighted by Gasteiger charge is -2.00. The van der Waals surface area contributed by atoms with Crippen molar-refractivity contribution in [3.8, 4) is 11.5 Å². The molecule has 2 heterocycles. The number of halogens is 1. The van der Waals surface area contributed by atoms with E-state index in [1.165, 1.54) is 18.2 Å². The van der Waals surface area contributed by atoms with Gasteiger partial charge >= 0.3 is 0 Å². The third kappa shape index (κ3) is 2.38. The first-order chi connectivity index (χ1) is 9.44. The molecule has 1 aromatic heterocycles. The molecule has 0 saturated carbocycles. The van der Waals surface area contributed by atoms with E-state index in [0.717, 1.165) is 0 Å². The van der Waals surface area contributed by atoms with Crippen molar-refractivity contribution < 1.29 is 17.3 Å². The highest BCUT2D eigenvalue weighted by Crippen LogP contribution is 2.30. The number of nitrogens with two attached hydrogens (primary N) is 1. The zero-order valence-corrected chi connectivity index (χ0v) is 11.2. The molecular weight excluding hydrogens is 285 g/mol. The molecule has 1 aromatic carbocycles. The molecule has 0 amide bonds. The number of sulfone groups is 1. The normalized spacial score (nSPS) is 21.1. The molecule has 0 bridgehead atoms. The number of hydrogen-bond acceptors (Lipinski definition) is 6. The predicted molar refractivity (Wildman–Crippen MR) is 70.1 cm³/mol. The van der Waals surface area contributed by atoms with Crippen LogP contribution in [0.1, 0.15) is 18.2 Å². The maximum atomic E-state index is 13.0. The predicted octanol–water partition coefficient (Wildman–Crippen LogP) is 1.36. The van der Waals surface area contributed by atoms with Crippen molar-refractivity contribution in [2.45, 2.75) is 12.3 Å². The van der Waals surface area contributed by atoms with Gasteiger partial charge in [0.05, 0.1) is 17.1 Å². The maximum absolute atomic E-state index is 13.0. The molecule has 20 heavy (non-hydrogen) atoms.